The first-order chi connectivity index (χ1) is 7.49. The van der Waals surface area contributed by atoms with E-state index in [-0.39, 0.29) is 23.6 Å². The van der Waals surface area contributed by atoms with Gasteiger partial charge in [-0.25, -0.2) is 4.39 Å². The first-order valence-corrected chi connectivity index (χ1v) is 5.25. The summed E-state index contributed by atoms with van der Waals surface area (Å²) in [5.41, 5.74) is 0.576. The second-order valence-electron chi connectivity index (χ2n) is 3.52. The number of carbonyl (C=O) groups excluding carboxylic acids is 1. The van der Waals surface area contributed by atoms with Crippen molar-refractivity contribution in [1.29, 1.82) is 0 Å². The first kappa shape index (κ1) is 12.8. The molecule has 0 saturated heterocycles. The zero-order valence-electron chi connectivity index (χ0n) is 9.09. The number of nitrogens with one attached hydrogen (secondary N) is 1. The summed E-state index contributed by atoms with van der Waals surface area (Å²) in [6.07, 6.45) is -0.147. The maximum Gasteiger partial charge on any atom is 0.325 e. The number of hydrogen-bond donors (Lipinski definition) is 1. The highest BCUT2D eigenvalue weighted by molar-refractivity contribution is 6.31. The standard InChI is InChI=1S/C11H13ClFNO2/c1-7(2)16-11(15)6-14-8-3-4-10(13)9(12)5-8/h3-5,7,14H,6H2,1-2H3. The van der Waals surface area contributed by atoms with Crippen molar-refractivity contribution >= 4 is 23.3 Å². The summed E-state index contributed by atoms with van der Waals surface area (Å²) in [5.74, 6) is -0.854. The van der Waals surface area contributed by atoms with Gasteiger partial charge in [0.05, 0.1) is 11.1 Å². The van der Waals surface area contributed by atoms with Crippen LogP contribution in [-0.2, 0) is 9.53 Å². The summed E-state index contributed by atoms with van der Waals surface area (Å²) in [6.45, 7) is 3.57. The molecule has 1 rings (SSSR count). The Hall–Kier alpha value is -1.29. The number of anilines is 1. The minimum atomic E-state index is -0.489. The van der Waals surface area contributed by atoms with Crippen LogP contribution in [-0.4, -0.2) is 18.6 Å². The van der Waals surface area contributed by atoms with Crippen LogP contribution in [0.5, 0.6) is 0 Å². The molecule has 0 atom stereocenters. The van der Waals surface area contributed by atoms with Crippen LogP contribution in [0.15, 0.2) is 18.2 Å². The lowest BCUT2D eigenvalue weighted by molar-refractivity contribution is -0.145. The van der Waals surface area contributed by atoms with E-state index in [1.165, 1.54) is 18.2 Å². The van der Waals surface area contributed by atoms with E-state index in [2.05, 4.69) is 5.32 Å². The molecule has 1 aromatic carbocycles. The van der Waals surface area contributed by atoms with Crippen LogP contribution in [0.25, 0.3) is 0 Å². The maximum atomic E-state index is 12.8. The Morgan fingerprint density at radius 1 is 1.56 bits per heavy atom. The minimum absolute atomic E-state index is 0.0160. The summed E-state index contributed by atoms with van der Waals surface area (Å²) in [5, 5.41) is 2.81. The van der Waals surface area contributed by atoms with E-state index in [0.717, 1.165) is 0 Å². The lowest BCUT2D eigenvalue weighted by Crippen LogP contribution is -2.20. The maximum absolute atomic E-state index is 12.8. The molecule has 0 bridgehead atoms. The van der Waals surface area contributed by atoms with E-state index in [1.54, 1.807) is 13.8 Å². The molecule has 1 N–H and O–H groups in total. The molecule has 0 aliphatic carbocycles. The zero-order valence-corrected chi connectivity index (χ0v) is 9.84. The number of hydrogen-bond acceptors (Lipinski definition) is 3. The third kappa shape index (κ3) is 4.06. The molecule has 0 aliphatic heterocycles. The highest BCUT2D eigenvalue weighted by Crippen LogP contribution is 2.18. The van der Waals surface area contributed by atoms with Gasteiger partial charge in [-0.1, -0.05) is 11.6 Å². The number of ether oxygens (including phenoxy) is 1. The van der Waals surface area contributed by atoms with Gasteiger partial charge in [0.1, 0.15) is 12.4 Å². The van der Waals surface area contributed by atoms with Crippen LogP contribution in [0.3, 0.4) is 0 Å². The minimum Gasteiger partial charge on any atom is -0.462 e. The predicted molar refractivity (Wildman–Crippen MR) is 61.1 cm³/mol. The van der Waals surface area contributed by atoms with E-state index in [1.807, 2.05) is 0 Å². The highest BCUT2D eigenvalue weighted by Gasteiger charge is 2.06. The summed E-state index contributed by atoms with van der Waals surface area (Å²) >= 11 is 5.58. The Labute approximate surface area is 98.5 Å². The van der Waals surface area contributed by atoms with Gasteiger partial charge in [-0.15, -0.1) is 0 Å². The van der Waals surface area contributed by atoms with Gasteiger partial charge in [-0.3, -0.25) is 4.79 Å². The van der Waals surface area contributed by atoms with Crippen LogP contribution < -0.4 is 5.32 Å². The molecule has 88 valence electrons. The normalized spacial score (nSPS) is 10.3. The largest absolute Gasteiger partial charge is 0.462 e. The number of esters is 1. The van der Waals surface area contributed by atoms with Crippen LogP contribution in [0.2, 0.25) is 5.02 Å². The molecule has 0 radical (unpaired) electrons. The molecule has 0 heterocycles. The van der Waals surface area contributed by atoms with Gasteiger partial charge in [-0.2, -0.15) is 0 Å². The molecule has 16 heavy (non-hydrogen) atoms. The molecule has 0 fully saturated rings. The van der Waals surface area contributed by atoms with Crippen molar-refractivity contribution in [2.75, 3.05) is 11.9 Å². The SMILES string of the molecule is CC(C)OC(=O)CNc1ccc(F)c(Cl)c1. The van der Waals surface area contributed by atoms with E-state index in [0.29, 0.717) is 5.69 Å². The van der Waals surface area contributed by atoms with Gasteiger partial charge >= 0.3 is 5.97 Å². The van der Waals surface area contributed by atoms with Crippen molar-refractivity contribution in [3.05, 3.63) is 29.0 Å². The number of benzene rings is 1. The summed E-state index contributed by atoms with van der Waals surface area (Å²) < 4.78 is 17.7. The fourth-order valence-electron chi connectivity index (χ4n) is 1.08. The van der Waals surface area contributed by atoms with Gasteiger partial charge in [0.2, 0.25) is 0 Å². The highest BCUT2D eigenvalue weighted by atomic mass is 35.5. The fraction of sp³-hybridized carbons (Fsp3) is 0.364. The molecule has 0 spiro atoms. The topological polar surface area (TPSA) is 38.3 Å². The van der Waals surface area contributed by atoms with Crippen molar-refractivity contribution in [3.63, 3.8) is 0 Å². The van der Waals surface area contributed by atoms with Gasteiger partial charge in [0.25, 0.3) is 0 Å². The van der Waals surface area contributed by atoms with Gasteiger partial charge in [-0.05, 0) is 32.0 Å². The second-order valence-corrected chi connectivity index (χ2v) is 3.93. The summed E-state index contributed by atoms with van der Waals surface area (Å²) in [7, 11) is 0. The summed E-state index contributed by atoms with van der Waals surface area (Å²) in [6, 6.07) is 4.15. The summed E-state index contributed by atoms with van der Waals surface area (Å²) in [4.78, 5) is 11.2. The van der Waals surface area contributed by atoms with Crippen LogP contribution in [0.1, 0.15) is 13.8 Å². The lowest BCUT2D eigenvalue weighted by atomic mass is 10.3. The van der Waals surface area contributed by atoms with E-state index in [9.17, 15) is 9.18 Å². The van der Waals surface area contributed by atoms with Gasteiger partial charge < -0.3 is 10.1 Å². The van der Waals surface area contributed by atoms with E-state index < -0.39 is 5.82 Å². The smallest absolute Gasteiger partial charge is 0.325 e. The Balaban J connectivity index is 2.48. The van der Waals surface area contributed by atoms with E-state index >= 15 is 0 Å². The fourth-order valence-corrected chi connectivity index (χ4v) is 1.27. The molecule has 5 heteroatoms. The van der Waals surface area contributed by atoms with Crippen LogP contribution >= 0.6 is 11.6 Å². The molecule has 0 aromatic heterocycles. The third-order valence-electron chi connectivity index (χ3n) is 1.72. The first-order valence-electron chi connectivity index (χ1n) is 4.87. The molecule has 1 aromatic rings. The van der Waals surface area contributed by atoms with Gasteiger partial charge in [0, 0.05) is 5.69 Å². The molecule has 3 nitrogen and oxygen atoms in total. The molecule has 0 aliphatic rings. The van der Waals surface area contributed by atoms with Crippen molar-refractivity contribution in [2.45, 2.75) is 20.0 Å². The molecular weight excluding hydrogens is 233 g/mol. The molecular formula is C11H13ClFNO2. The monoisotopic (exact) mass is 245 g/mol. The van der Waals surface area contributed by atoms with Crippen LogP contribution in [0.4, 0.5) is 10.1 Å². The number of rotatable bonds is 4. The van der Waals surface area contributed by atoms with Gasteiger partial charge in [0.15, 0.2) is 0 Å². The number of halogens is 2. The molecule has 0 saturated carbocycles. The average molecular weight is 246 g/mol. The third-order valence-corrected chi connectivity index (χ3v) is 2.01. The quantitative estimate of drug-likeness (QED) is 0.829. The van der Waals surface area contributed by atoms with Crippen molar-refractivity contribution < 1.29 is 13.9 Å². The Morgan fingerprint density at radius 2 is 2.25 bits per heavy atom. The predicted octanol–water partition coefficient (Wildman–Crippen LogP) is 2.84. The zero-order chi connectivity index (χ0) is 12.1. The lowest BCUT2D eigenvalue weighted by Gasteiger charge is -2.09. The van der Waals surface area contributed by atoms with Crippen LogP contribution in [0, 0.1) is 5.82 Å². The Bertz CT molecular complexity index is 382. The Morgan fingerprint density at radius 3 is 2.81 bits per heavy atom. The Kier molecular flexibility index (Phi) is 4.55. The van der Waals surface area contributed by atoms with Crippen molar-refractivity contribution in [1.82, 2.24) is 0 Å². The number of carbonyl (C=O) groups is 1. The molecule has 0 unspecified atom stereocenters. The second kappa shape index (κ2) is 5.70. The van der Waals surface area contributed by atoms with E-state index in [4.69, 9.17) is 16.3 Å². The molecule has 0 amide bonds. The van der Waals surface area contributed by atoms with Crippen molar-refractivity contribution in [3.8, 4) is 0 Å². The van der Waals surface area contributed by atoms with Crippen molar-refractivity contribution in [2.24, 2.45) is 0 Å². The average Bonchev–Trinajstić information content (AvgIpc) is 2.19.